The standard InChI is InChI=1S/C12H24N2/c1-5-10(4)13-7-11-6-12(8-13)14(11)9(2)3/h9-12H,5-8H2,1-4H3. The number of piperidine rings is 1. The second-order valence-electron chi connectivity index (χ2n) is 5.30. The van der Waals surface area contributed by atoms with Gasteiger partial charge in [-0.25, -0.2) is 0 Å². The summed E-state index contributed by atoms with van der Waals surface area (Å²) in [6.07, 6.45) is 2.74. The maximum Gasteiger partial charge on any atom is 0.0244 e. The first-order chi connectivity index (χ1) is 6.63. The quantitative estimate of drug-likeness (QED) is 0.681. The molecule has 0 aromatic carbocycles. The fourth-order valence-electron chi connectivity index (χ4n) is 3.13. The van der Waals surface area contributed by atoms with Crippen LogP contribution in [0.15, 0.2) is 0 Å². The zero-order chi connectivity index (χ0) is 10.3. The van der Waals surface area contributed by atoms with E-state index in [2.05, 4.69) is 37.5 Å². The third kappa shape index (κ3) is 1.59. The first kappa shape index (κ1) is 10.4. The minimum Gasteiger partial charge on any atom is -0.298 e. The van der Waals surface area contributed by atoms with Crippen LogP contribution >= 0.6 is 0 Å². The van der Waals surface area contributed by atoms with E-state index >= 15 is 0 Å². The summed E-state index contributed by atoms with van der Waals surface area (Å²) in [6.45, 7) is 11.9. The molecule has 3 fully saturated rings. The van der Waals surface area contributed by atoms with Gasteiger partial charge in [0.25, 0.3) is 0 Å². The summed E-state index contributed by atoms with van der Waals surface area (Å²) >= 11 is 0. The Hall–Kier alpha value is -0.0800. The highest BCUT2D eigenvalue weighted by Gasteiger charge is 2.45. The summed E-state index contributed by atoms with van der Waals surface area (Å²) in [7, 11) is 0. The Kier molecular flexibility index (Phi) is 2.85. The Labute approximate surface area is 88.3 Å². The second kappa shape index (κ2) is 3.82. The highest BCUT2D eigenvalue weighted by Crippen LogP contribution is 2.34. The van der Waals surface area contributed by atoms with Crippen LogP contribution < -0.4 is 0 Å². The number of nitrogens with zero attached hydrogens (tertiary/aromatic N) is 2. The average Bonchev–Trinajstić information content (AvgIpc) is 2.15. The Morgan fingerprint density at radius 1 is 1.14 bits per heavy atom. The van der Waals surface area contributed by atoms with Crippen LogP contribution in [0, 0.1) is 0 Å². The van der Waals surface area contributed by atoms with Gasteiger partial charge in [-0.2, -0.15) is 0 Å². The van der Waals surface area contributed by atoms with Gasteiger partial charge in [-0.05, 0) is 33.6 Å². The molecule has 0 radical (unpaired) electrons. The van der Waals surface area contributed by atoms with Crippen LogP contribution in [0.5, 0.6) is 0 Å². The molecule has 0 aromatic heterocycles. The van der Waals surface area contributed by atoms with Gasteiger partial charge in [-0.15, -0.1) is 0 Å². The number of hydrogen-bond donors (Lipinski definition) is 0. The monoisotopic (exact) mass is 196 g/mol. The molecule has 3 aliphatic heterocycles. The summed E-state index contributed by atoms with van der Waals surface area (Å²) in [5.41, 5.74) is 0. The molecule has 3 unspecified atom stereocenters. The number of hydrogen-bond acceptors (Lipinski definition) is 2. The van der Waals surface area contributed by atoms with E-state index in [4.69, 9.17) is 0 Å². The highest BCUT2D eigenvalue weighted by atomic mass is 15.4. The third-order valence-corrected chi connectivity index (χ3v) is 4.09. The molecule has 2 bridgehead atoms. The first-order valence-electron chi connectivity index (χ1n) is 6.15. The van der Waals surface area contributed by atoms with Crippen molar-refractivity contribution >= 4 is 0 Å². The fraction of sp³-hybridized carbons (Fsp3) is 1.00. The number of piperazine rings is 1. The Bertz CT molecular complexity index is 190. The molecule has 3 aliphatic rings. The van der Waals surface area contributed by atoms with Crippen LogP contribution in [0.2, 0.25) is 0 Å². The van der Waals surface area contributed by atoms with Gasteiger partial charge in [0, 0.05) is 37.3 Å². The molecule has 0 N–H and O–H groups in total. The summed E-state index contributed by atoms with van der Waals surface area (Å²) in [5, 5.41) is 0. The smallest absolute Gasteiger partial charge is 0.0244 e. The molecule has 2 nitrogen and oxygen atoms in total. The molecule has 3 heterocycles. The lowest BCUT2D eigenvalue weighted by molar-refractivity contribution is -0.0975. The van der Waals surface area contributed by atoms with Crippen molar-refractivity contribution in [1.82, 2.24) is 9.80 Å². The normalized spacial score (nSPS) is 35.8. The van der Waals surface area contributed by atoms with Crippen molar-refractivity contribution in [3.63, 3.8) is 0 Å². The lowest BCUT2D eigenvalue weighted by Crippen LogP contribution is -2.71. The highest BCUT2D eigenvalue weighted by molar-refractivity contribution is 5.02. The summed E-state index contributed by atoms with van der Waals surface area (Å²) in [5.74, 6) is 0. The predicted molar refractivity (Wildman–Crippen MR) is 60.5 cm³/mol. The maximum atomic E-state index is 2.71. The fourth-order valence-corrected chi connectivity index (χ4v) is 3.13. The Morgan fingerprint density at radius 2 is 1.71 bits per heavy atom. The van der Waals surface area contributed by atoms with Crippen molar-refractivity contribution < 1.29 is 0 Å². The van der Waals surface area contributed by atoms with E-state index in [-0.39, 0.29) is 0 Å². The van der Waals surface area contributed by atoms with Crippen molar-refractivity contribution in [2.75, 3.05) is 13.1 Å². The van der Waals surface area contributed by atoms with Crippen molar-refractivity contribution in [2.45, 2.75) is 64.7 Å². The zero-order valence-electron chi connectivity index (χ0n) is 10.0. The topological polar surface area (TPSA) is 6.48 Å². The van der Waals surface area contributed by atoms with E-state index in [9.17, 15) is 0 Å². The van der Waals surface area contributed by atoms with Crippen LogP contribution in [0.1, 0.15) is 40.5 Å². The van der Waals surface area contributed by atoms with Crippen molar-refractivity contribution in [2.24, 2.45) is 0 Å². The molecule has 3 rings (SSSR count). The molecular formula is C12H24N2. The van der Waals surface area contributed by atoms with Crippen LogP contribution in [0.3, 0.4) is 0 Å². The number of fused-ring (bicyclic) bond motifs is 2. The third-order valence-electron chi connectivity index (χ3n) is 4.09. The summed E-state index contributed by atoms with van der Waals surface area (Å²) < 4.78 is 0. The lowest BCUT2D eigenvalue weighted by Gasteiger charge is -2.59. The first-order valence-corrected chi connectivity index (χ1v) is 6.15. The minimum atomic E-state index is 0.748. The molecule has 2 heteroatoms. The predicted octanol–water partition coefficient (Wildman–Crippen LogP) is 1.95. The molecule has 0 amide bonds. The molecule has 82 valence electrons. The van der Waals surface area contributed by atoms with Crippen molar-refractivity contribution in [3.05, 3.63) is 0 Å². The molecule has 0 spiro atoms. The van der Waals surface area contributed by atoms with E-state index < -0.39 is 0 Å². The molecule has 3 saturated heterocycles. The second-order valence-corrected chi connectivity index (χ2v) is 5.30. The Morgan fingerprint density at radius 3 is 2.14 bits per heavy atom. The lowest BCUT2D eigenvalue weighted by atomic mass is 9.85. The Balaban J connectivity index is 1.91. The van der Waals surface area contributed by atoms with E-state index in [0.29, 0.717) is 0 Å². The molecular weight excluding hydrogens is 172 g/mol. The van der Waals surface area contributed by atoms with Gasteiger partial charge in [-0.1, -0.05) is 6.92 Å². The largest absolute Gasteiger partial charge is 0.298 e. The molecule has 0 aromatic rings. The van der Waals surface area contributed by atoms with Crippen LogP contribution in [-0.4, -0.2) is 47.1 Å². The molecule has 3 atom stereocenters. The summed E-state index contributed by atoms with van der Waals surface area (Å²) in [4.78, 5) is 5.39. The molecule has 0 saturated carbocycles. The van der Waals surface area contributed by atoms with Gasteiger partial charge in [-0.3, -0.25) is 9.80 Å². The van der Waals surface area contributed by atoms with E-state index in [0.717, 1.165) is 24.2 Å². The van der Waals surface area contributed by atoms with Crippen LogP contribution in [0.25, 0.3) is 0 Å². The van der Waals surface area contributed by atoms with Crippen molar-refractivity contribution in [3.8, 4) is 0 Å². The van der Waals surface area contributed by atoms with Gasteiger partial charge in [0.1, 0.15) is 0 Å². The van der Waals surface area contributed by atoms with Crippen LogP contribution in [-0.2, 0) is 0 Å². The van der Waals surface area contributed by atoms with Gasteiger partial charge in [0.05, 0.1) is 0 Å². The molecule has 14 heavy (non-hydrogen) atoms. The zero-order valence-corrected chi connectivity index (χ0v) is 10.0. The average molecular weight is 196 g/mol. The van der Waals surface area contributed by atoms with Gasteiger partial charge < -0.3 is 0 Å². The number of rotatable bonds is 3. The minimum absolute atomic E-state index is 0.748. The van der Waals surface area contributed by atoms with Gasteiger partial charge in [0.2, 0.25) is 0 Å². The molecule has 0 aliphatic carbocycles. The van der Waals surface area contributed by atoms with Crippen molar-refractivity contribution in [1.29, 1.82) is 0 Å². The van der Waals surface area contributed by atoms with Gasteiger partial charge in [0.15, 0.2) is 0 Å². The van der Waals surface area contributed by atoms with E-state index in [1.165, 1.54) is 25.9 Å². The van der Waals surface area contributed by atoms with E-state index in [1.807, 2.05) is 0 Å². The summed E-state index contributed by atoms with van der Waals surface area (Å²) in [6, 6.07) is 3.26. The van der Waals surface area contributed by atoms with E-state index in [1.54, 1.807) is 0 Å². The maximum absolute atomic E-state index is 2.71. The van der Waals surface area contributed by atoms with Gasteiger partial charge >= 0.3 is 0 Å². The SMILES string of the molecule is CCC(C)N1CC2CC(C1)N2C(C)C. The van der Waals surface area contributed by atoms with Crippen LogP contribution in [0.4, 0.5) is 0 Å².